The lowest BCUT2D eigenvalue weighted by molar-refractivity contribution is 0.0250. The average Bonchev–Trinajstić information content (AvgIpc) is 2.82. The molecule has 6 heteroatoms. The Kier molecular flexibility index (Phi) is 4.61. The molecule has 0 aromatic carbocycles. The summed E-state index contributed by atoms with van der Waals surface area (Å²) >= 11 is 8.96. The van der Waals surface area contributed by atoms with Gasteiger partial charge in [-0.1, -0.05) is 18.5 Å². The first-order chi connectivity index (χ1) is 9.10. The van der Waals surface area contributed by atoms with Crippen LogP contribution in [0.15, 0.2) is 39.5 Å². The SMILES string of the molecule is CCC(OC(=O)c1ccc(Br)o1)c1ccnc(Cl)c1. The minimum atomic E-state index is -0.509. The molecule has 19 heavy (non-hydrogen) atoms. The Morgan fingerprint density at radius 2 is 2.32 bits per heavy atom. The molecule has 2 heterocycles. The summed E-state index contributed by atoms with van der Waals surface area (Å²) in [7, 11) is 0. The Morgan fingerprint density at radius 1 is 1.53 bits per heavy atom. The van der Waals surface area contributed by atoms with Gasteiger partial charge in [-0.15, -0.1) is 0 Å². The molecule has 0 fully saturated rings. The van der Waals surface area contributed by atoms with Crippen molar-refractivity contribution >= 4 is 33.5 Å². The lowest BCUT2D eigenvalue weighted by atomic mass is 10.1. The van der Waals surface area contributed by atoms with Crippen molar-refractivity contribution in [3.63, 3.8) is 0 Å². The van der Waals surface area contributed by atoms with E-state index in [0.717, 1.165) is 5.56 Å². The first-order valence-corrected chi connectivity index (χ1v) is 6.85. The van der Waals surface area contributed by atoms with E-state index in [-0.39, 0.29) is 11.9 Å². The van der Waals surface area contributed by atoms with Crippen molar-refractivity contribution in [2.75, 3.05) is 0 Å². The molecule has 1 unspecified atom stereocenters. The second kappa shape index (κ2) is 6.21. The number of esters is 1. The van der Waals surface area contributed by atoms with Crippen LogP contribution in [0.3, 0.4) is 0 Å². The highest BCUT2D eigenvalue weighted by Crippen LogP contribution is 2.25. The first-order valence-electron chi connectivity index (χ1n) is 5.68. The summed E-state index contributed by atoms with van der Waals surface area (Å²) in [5, 5.41) is 0.368. The van der Waals surface area contributed by atoms with E-state index in [9.17, 15) is 4.79 Å². The van der Waals surface area contributed by atoms with Gasteiger partial charge in [0.1, 0.15) is 11.3 Å². The van der Waals surface area contributed by atoms with E-state index in [0.29, 0.717) is 16.2 Å². The van der Waals surface area contributed by atoms with Gasteiger partial charge in [-0.2, -0.15) is 0 Å². The summed E-state index contributed by atoms with van der Waals surface area (Å²) in [6.07, 6.45) is 1.84. The van der Waals surface area contributed by atoms with Crippen molar-refractivity contribution in [2.24, 2.45) is 0 Å². The van der Waals surface area contributed by atoms with Gasteiger partial charge in [0.25, 0.3) is 0 Å². The average molecular weight is 345 g/mol. The van der Waals surface area contributed by atoms with Crippen LogP contribution in [0.5, 0.6) is 0 Å². The van der Waals surface area contributed by atoms with Crippen LogP contribution in [-0.4, -0.2) is 11.0 Å². The van der Waals surface area contributed by atoms with Gasteiger partial charge in [0, 0.05) is 6.20 Å². The Hall–Kier alpha value is -1.33. The molecule has 0 saturated carbocycles. The van der Waals surface area contributed by atoms with Crippen molar-refractivity contribution in [1.82, 2.24) is 4.98 Å². The maximum absolute atomic E-state index is 11.9. The van der Waals surface area contributed by atoms with Crippen LogP contribution in [0.4, 0.5) is 0 Å². The third kappa shape index (κ3) is 3.58. The van der Waals surface area contributed by atoms with E-state index < -0.39 is 5.97 Å². The third-order valence-electron chi connectivity index (χ3n) is 2.52. The van der Waals surface area contributed by atoms with Gasteiger partial charge in [0.2, 0.25) is 5.76 Å². The van der Waals surface area contributed by atoms with Crippen molar-refractivity contribution in [3.05, 3.63) is 51.6 Å². The van der Waals surface area contributed by atoms with Crippen LogP contribution < -0.4 is 0 Å². The summed E-state index contributed by atoms with van der Waals surface area (Å²) < 4.78 is 11.0. The molecule has 0 aliphatic rings. The Labute approximate surface area is 123 Å². The van der Waals surface area contributed by atoms with Gasteiger partial charge in [-0.25, -0.2) is 9.78 Å². The van der Waals surface area contributed by atoms with E-state index >= 15 is 0 Å². The molecule has 0 radical (unpaired) electrons. The Balaban J connectivity index is 2.13. The maximum atomic E-state index is 11.9. The molecule has 0 aliphatic heterocycles. The number of carbonyl (C=O) groups excluding carboxylic acids is 1. The summed E-state index contributed by atoms with van der Waals surface area (Å²) in [5.74, 6) is -0.351. The molecule has 2 aromatic rings. The van der Waals surface area contributed by atoms with E-state index in [1.54, 1.807) is 30.5 Å². The summed E-state index contributed by atoms with van der Waals surface area (Å²) in [5.41, 5.74) is 0.807. The molecule has 2 aromatic heterocycles. The zero-order chi connectivity index (χ0) is 13.8. The van der Waals surface area contributed by atoms with Crippen LogP contribution in [0.1, 0.15) is 35.6 Å². The minimum Gasteiger partial charge on any atom is -0.452 e. The number of ether oxygens (including phenoxy) is 1. The molecule has 0 N–H and O–H groups in total. The highest BCUT2D eigenvalue weighted by molar-refractivity contribution is 9.10. The normalized spacial score (nSPS) is 12.2. The number of hydrogen-bond donors (Lipinski definition) is 0. The second-order valence-electron chi connectivity index (χ2n) is 3.82. The molecule has 0 amide bonds. The topological polar surface area (TPSA) is 52.3 Å². The maximum Gasteiger partial charge on any atom is 0.374 e. The van der Waals surface area contributed by atoms with Crippen molar-refractivity contribution in [3.8, 4) is 0 Å². The highest BCUT2D eigenvalue weighted by Gasteiger charge is 2.19. The molecule has 0 bridgehead atoms. The standard InChI is InChI=1S/C13H11BrClNO3/c1-2-9(8-5-6-16-12(15)7-8)19-13(17)10-3-4-11(14)18-10/h3-7,9H,2H2,1H3. The zero-order valence-corrected chi connectivity index (χ0v) is 12.4. The number of pyridine rings is 1. The molecule has 0 saturated heterocycles. The molecule has 1 atom stereocenters. The van der Waals surface area contributed by atoms with Crippen molar-refractivity contribution in [1.29, 1.82) is 0 Å². The lowest BCUT2D eigenvalue weighted by Crippen LogP contribution is -2.10. The minimum absolute atomic E-state index is 0.158. The Bertz CT molecular complexity index is 585. The Morgan fingerprint density at radius 3 is 2.89 bits per heavy atom. The van der Waals surface area contributed by atoms with Gasteiger partial charge in [-0.05, 0) is 52.2 Å². The van der Waals surface area contributed by atoms with E-state index in [1.807, 2.05) is 6.92 Å². The molecular weight excluding hydrogens is 334 g/mol. The van der Waals surface area contributed by atoms with Gasteiger partial charge in [-0.3, -0.25) is 0 Å². The number of aromatic nitrogens is 1. The molecular formula is C13H11BrClNO3. The number of furan rings is 1. The van der Waals surface area contributed by atoms with Crippen LogP contribution in [0.25, 0.3) is 0 Å². The monoisotopic (exact) mass is 343 g/mol. The smallest absolute Gasteiger partial charge is 0.374 e. The van der Waals surface area contributed by atoms with Gasteiger partial charge in [0.05, 0.1) is 0 Å². The van der Waals surface area contributed by atoms with Gasteiger partial charge >= 0.3 is 5.97 Å². The molecule has 0 aliphatic carbocycles. The van der Waals surface area contributed by atoms with Crippen LogP contribution >= 0.6 is 27.5 Å². The molecule has 100 valence electrons. The van der Waals surface area contributed by atoms with E-state index in [4.69, 9.17) is 20.8 Å². The fourth-order valence-corrected chi connectivity index (χ4v) is 2.10. The highest BCUT2D eigenvalue weighted by atomic mass is 79.9. The second-order valence-corrected chi connectivity index (χ2v) is 4.99. The van der Waals surface area contributed by atoms with Crippen LogP contribution in [-0.2, 0) is 4.74 Å². The summed E-state index contributed by atoms with van der Waals surface area (Å²) in [4.78, 5) is 15.8. The predicted molar refractivity (Wildman–Crippen MR) is 74.1 cm³/mol. The van der Waals surface area contributed by atoms with E-state index in [2.05, 4.69) is 20.9 Å². The fraction of sp³-hybridized carbons (Fsp3) is 0.231. The van der Waals surface area contributed by atoms with Crippen molar-refractivity contribution in [2.45, 2.75) is 19.4 Å². The third-order valence-corrected chi connectivity index (χ3v) is 3.15. The van der Waals surface area contributed by atoms with Crippen molar-refractivity contribution < 1.29 is 13.9 Å². The number of nitrogens with zero attached hydrogens (tertiary/aromatic N) is 1. The largest absolute Gasteiger partial charge is 0.452 e. The predicted octanol–water partition coefficient (Wildman–Crippen LogP) is 4.40. The number of halogens is 2. The summed E-state index contributed by atoms with van der Waals surface area (Å²) in [6.45, 7) is 1.92. The quantitative estimate of drug-likeness (QED) is 0.609. The molecule has 4 nitrogen and oxygen atoms in total. The lowest BCUT2D eigenvalue weighted by Gasteiger charge is -2.15. The zero-order valence-electron chi connectivity index (χ0n) is 10.1. The van der Waals surface area contributed by atoms with Gasteiger partial charge in [0.15, 0.2) is 4.67 Å². The number of hydrogen-bond acceptors (Lipinski definition) is 4. The number of carbonyl (C=O) groups is 1. The first kappa shape index (κ1) is 14.1. The molecule has 2 rings (SSSR count). The fourth-order valence-electron chi connectivity index (χ4n) is 1.62. The van der Waals surface area contributed by atoms with Crippen LogP contribution in [0.2, 0.25) is 5.15 Å². The van der Waals surface area contributed by atoms with Gasteiger partial charge < -0.3 is 9.15 Å². The number of rotatable bonds is 4. The molecule has 0 spiro atoms. The summed E-state index contributed by atoms with van der Waals surface area (Å²) in [6, 6.07) is 6.64. The van der Waals surface area contributed by atoms with Crippen LogP contribution in [0, 0.1) is 0 Å². The van der Waals surface area contributed by atoms with E-state index in [1.165, 1.54) is 0 Å².